The zero-order chi connectivity index (χ0) is 5.54. The fourth-order valence-corrected chi connectivity index (χ4v) is 0.352. The number of hydrogen-bond donors (Lipinski definition) is 2. The molecule has 0 spiro atoms. The van der Waals surface area contributed by atoms with Gasteiger partial charge in [-0.05, 0) is 6.54 Å². The fraction of sp³-hybridized carbons (Fsp3) is 0.800. The van der Waals surface area contributed by atoms with Crippen LogP contribution >= 0.6 is 0 Å². The Labute approximate surface area is 76.5 Å². The SMILES string of the molecule is [CH2-]CCNCCN.[Y+3]. The van der Waals surface area contributed by atoms with Crippen LogP contribution in [0.15, 0.2) is 0 Å². The zero-order valence-electron chi connectivity index (χ0n) is 5.19. The first-order chi connectivity index (χ1) is 3.41. The summed E-state index contributed by atoms with van der Waals surface area (Å²) in [6.07, 6.45) is 0.944. The largest absolute Gasteiger partial charge is 3.00 e. The van der Waals surface area contributed by atoms with E-state index < -0.39 is 0 Å². The minimum absolute atomic E-state index is 0. The van der Waals surface area contributed by atoms with Crippen LogP contribution in [0.2, 0.25) is 0 Å². The van der Waals surface area contributed by atoms with Gasteiger partial charge < -0.3 is 18.0 Å². The molecule has 0 aromatic rings. The molecule has 0 aromatic heterocycles. The van der Waals surface area contributed by atoms with E-state index >= 15 is 0 Å². The third-order valence-electron chi connectivity index (χ3n) is 0.675. The Hall–Kier alpha value is 1.02. The van der Waals surface area contributed by atoms with E-state index in [1.54, 1.807) is 0 Å². The van der Waals surface area contributed by atoms with Crippen molar-refractivity contribution in [2.24, 2.45) is 5.73 Å². The Bertz CT molecular complexity index is 29.6. The van der Waals surface area contributed by atoms with Crippen molar-refractivity contribution >= 4 is 0 Å². The molecule has 0 atom stereocenters. The minimum Gasteiger partial charge on any atom is -0.342 e. The minimum atomic E-state index is 0. The molecule has 0 heterocycles. The second kappa shape index (κ2) is 10.9. The maximum absolute atomic E-state index is 5.19. The Kier molecular flexibility index (Phi) is 16.1. The Morgan fingerprint density at radius 3 is 2.38 bits per heavy atom. The summed E-state index contributed by atoms with van der Waals surface area (Å²) in [5, 5.41) is 3.10. The van der Waals surface area contributed by atoms with E-state index in [-0.39, 0.29) is 32.7 Å². The van der Waals surface area contributed by atoms with E-state index in [1.807, 2.05) is 0 Å². The maximum atomic E-state index is 5.19. The summed E-state index contributed by atoms with van der Waals surface area (Å²) in [5.74, 6) is 0. The van der Waals surface area contributed by atoms with Crippen LogP contribution in [0.1, 0.15) is 6.42 Å². The van der Waals surface area contributed by atoms with Gasteiger partial charge in [-0.2, -0.15) is 6.42 Å². The smallest absolute Gasteiger partial charge is 0.342 e. The molecule has 8 heavy (non-hydrogen) atoms. The number of nitrogens with two attached hydrogens (primary N) is 1. The predicted octanol–water partition coefficient (Wildman–Crippen LogP) is -0.244. The number of hydrogen-bond acceptors (Lipinski definition) is 2. The van der Waals surface area contributed by atoms with Gasteiger partial charge in [0.2, 0.25) is 0 Å². The van der Waals surface area contributed by atoms with Crippen LogP contribution in [0.4, 0.5) is 0 Å². The van der Waals surface area contributed by atoms with Crippen molar-refractivity contribution in [1.82, 2.24) is 5.32 Å². The number of nitrogens with one attached hydrogen (secondary N) is 1. The summed E-state index contributed by atoms with van der Waals surface area (Å²) in [6.45, 7) is 6.27. The molecule has 0 radical (unpaired) electrons. The van der Waals surface area contributed by atoms with Gasteiger partial charge in [0.1, 0.15) is 0 Å². The molecule has 0 saturated heterocycles. The molecule has 2 nitrogen and oxygen atoms in total. The summed E-state index contributed by atoms with van der Waals surface area (Å²) in [4.78, 5) is 0. The first-order valence-electron chi connectivity index (χ1n) is 2.62. The van der Waals surface area contributed by atoms with Crippen molar-refractivity contribution in [3.05, 3.63) is 6.92 Å². The molecule has 3 heteroatoms. The molecule has 0 amide bonds. The molecule has 3 N–H and O–H groups in total. The monoisotopic (exact) mass is 190 g/mol. The fourth-order valence-electron chi connectivity index (χ4n) is 0.352. The standard InChI is InChI=1S/C5H13N2.Y/c1-2-4-7-5-3-6;/h7H,1-6H2;/q-1;+3. The van der Waals surface area contributed by atoms with Crippen LogP contribution < -0.4 is 11.1 Å². The van der Waals surface area contributed by atoms with E-state index in [4.69, 9.17) is 5.73 Å². The maximum Gasteiger partial charge on any atom is 3.00 e. The molecule has 0 saturated carbocycles. The van der Waals surface area contributed by atoms with E-state index in [1.165, 1.54) is 0 Å². The van der Waals surface area contributed by atoms with Crippen molar-refractivity contribution in [2.45, 2.75) is 6.42 Å². The average molecular weight is 190 g/mol. The van der Waals surface area contributed by atoms with Crippen molar-refractivity contribution in [1.29, 1.82) is 0 Å². The van der Waals surface area contributed by atoms with E-state index in [2.05, 4.69) is 12.2 Å². The van der Waals surface area contributed by atoms with Gasteiger partial charge in [-0.3, -0.25) is 0 Å². The molecule has 0 rings (SSSR count). The van der Waals surface area contributed by atoms with Crippen LogP contribution in [-0.4, -0.2) is 19.6 Å². The Morgan fingerprint density at radius 1 is 1.38 bits per heavy atom. The second-order valence-corrected chi connectivity index (χ2v) is 1.39. The van der Waals surface area contributed by atoms with Gasteiger partial charge in [-0.1, -0.05) is 0 Å². The molecule has 44 valence electrons. The normalized spacial score (nSPS) is 8.25. The third kappa shape index (κ3) is 10.1. The summed E-state index contributed by atoms with van der Waals surface area (Å²) in [7, 11) is 0. The zero-order valence-corrected chi connectivity index (χ0v) is 8.03. The molecule has 0 unspecified atom stereocenters. The van der Waals surface area contributed by atoms with Crippen molar-refractivity contribution in [3.63, 3.8) is 0 Å². The molecule has 0 aliphatic rings. The summed E-state index contributed by atoms with van der Waals surface area (Å²) in [5.41, 5.74) is 5.19. The molecule has 0 fully saturated rings. The van der Waals surface area contributed by atoms with Gasteiger partial charge in [0, 0.05) is 13.1 Å². The Balaban J connectivity index is 0. The van der Waals surface area contributed by atoms with Gasteiger partial charge in [-0.25, -0.2) is 0 Å². The predicted molar refractivity (Wildman–Crippen MR) is 31.9 cm³/mol. The quantitative estimate of drug-likeness (QED) is 0.474. The van der Waals surface area contributed by atoms with Crippen molar-refractivity contribution < 1.29 is 32.7 Å². The Morgan fingerprint density at radius 2 is 2.00 bits per heavy atom. The topological polar surface area (TPSA) is 38.0 Å². The molecule has 0 aliphatic heterocycles. The van der Waals surface area contributed by atoms with Gasteiger partial charge in [0.15, 0.2) is 0 Å². The summed E-state index contributed by atoms with van der Waals surface area (Å²) in [6, 6.07) is 0. The average Bonchev–Trinajstić information content (AvgIpc) is 1.69. The van der Waals surface area contributed by atoms with Gasteiger partial charge in [0.05, 0.1) is 0 Å². The van der Waals surface area contributed by atoms with Crippen LogP contribution in [0.5, 0.6) is 0 Å². The van der Waals surface area contributed by atoms with E-state index in [0.29, 0.717) is 0 Å². The van der Waals surface area contributed by atoms with Crippen molar-refractivity contribution in [3.8, 4) is 0 Å². The first kappa shape index (κ1) is 11.8. The molecule has 0 bridgehead atoms. The van der Waals surface area contributed by atoms with Gasteiger partial charge >= 0.3 is 32.7 Å². The first-order valence-corrected chi connectivity index (χ1v) is 2.62. The molecule has 0 aromatic carbocycles. The van der Waals surface area contributed by atoms with E-state index in [9.17, 15) is 0 Å². The van der Waals surface area contributed by atoms with Crippen LogP contribution in [-0.2, 0) is 32.7 Å². The summed E-state index contributed by atoms with van der Waals surface area (Å²) >= 11 is 0. The van der Waals surface area contributed by atoms with Crippen LogP contribution in [0.3, 0.4) is 0 Å². The molecule has 0 aliphatic carbocycles. The van der Waals surface area contributed by atoms with E-state index in [0.717, 1.165) is 26.1 Å². The summed E-state index contributed by atoms with van der Waals surface area (Å²) < 4.78 is 0. The van der Waals surface area contributed by atoms with Crippen molar-refractivity contribution in [2.75, 3.05) is 19.6 Å². The van der Waals surface area contributed by atoms with Crippen LogP contribution in [0, 0.1) is 6.92 Å². The van der Waals surface area contributed by atoms with Gasteiger partial charge in [-0.15, -0.1) is 0 Å². The van der Waals surface area contributed by atoms with Gasteiger partial charge in [0.25, 0.3) is 0 Å². The molecular weight excluding hydrogens is 177 g/mol. The number of rotatable bonds is 4. The molecular formula is C5H13N2Y+2. The van der Waals surface area contributed by atoms with Crippen LogP contribution in [0.25, 0.3) is 0 Å². The second-order valence-electron chi connectivity index (χ2n) is 1.39. The third-order valence-corrected chi connectivity index (χ3v) is 0.675.